The van der Waals surface area contributed by atoms with Crippen LogP contribution in [0.4, 0.5) is 39.5 Å². The van der Waals surface area contributed by atoms with Gasteiger partial charge in [-0.2, -0.15) is 31.6 Å². The fourth-order valence-corrected chi connectivity index (χ4v) is 20.6. The number of ketones is 1. The molecule has 28 heteroatoms. The first kappa shape index (κ1) is 97.4. The number of amides is 5. The maximum atomic E-state index is 12.7. The number of ether oxygens (including phenoxy) is 1. The lowest BCUT2D eigenvalue weighted by Gasteiger charge is -2.22. The van der Waals surface area contributed by atoms with Crippen LogP contribution in [0.2, 0.25) is 0 Å². The van der Waals surface area contributed by atoms with Crippen LogP contribution in [-0.2, 0) is 85.8 Å². The van der Waals surface area contributed by atoms with Crippen molar-refractivity contribution in [2.75, 3.05) is 78.5 Å². The van der Waals surface area contributed by atoms with Crippen LogP contribution < -0.4 is 31.3 Å². The second-order valence-corrected chi connectivity index (χ2v) is 38.3. The normalized spacial score (nSPS) is 26.8. The van der Waals surface area contributed by atoms with Gasteiger partial charge in [0.05, 0.1) is 22.8 Å². The fraction of sp³-hybridized carbons (Fsp3) is 0.419. The molecule has 6 heterocycles. The SMILES string of the molecule is C=CC(=O)CC1C2CN(Cc3ccc(C(F)(F)F)cc3)CC12.C=CC(=O)NC1C2CN(Cc3ccc(-c4ccccc4)cc3)CC21.C=CC(=O)NC1C2CN(Cc3ccc(C#N)cc3)CC21.C=CC(=O)NC1C2CN(Cc3ccc(C(C)(C)C)cc3)CC21.C=CC(=O)NC1C2CN(Cc3ccc(OC(F)(F)F)cc3)CC21.C=CC(=O)NC1C2CN(Cc3cccc(C(F)(F)F)c3)CC21. The Morgan fingerprint density at radius 1 is 0.346 bits per heavy atom. The largest absolute Gasteiger partial charge is 0.573 e. The molecule has 133 heavy (non-hydrogen) atoms. The zero-order valence-electron chi connectivity index (χ0n) is 75.2. The van der Waals surface area contributed by atoms with Gasteiger partial charge in [0.25, 0.3) is 0 Å². The van der Waals surface area contributed by atoms with Gasteiger partial charge in [-0.15, -0.1) is 13.2 Å². The number of hydrogen-bond donors (Lipinski definition) is 5. The lowest BCUT2D eigenvalue weighted by atomic mass is 9.87. The Kier molecular flexibility index (Phi) is 30.7. The van der Waals surface area contributed by atoms with Gasteiger partial charge < -0.3 is 31.3 Å². The van der Waals surface area contributed by atoms with Crippen molar-refractivity contribution in [1.29, 1.82) is 5.26 Å². The van der Waals surface area contributed by atoms with Crippen LogP contribution in [0.25, 0.3) is 11.1 Å². The van der Waals surface area contributed by atoms with E-state index < -0.39 is 29.8 Å². The molecular weight excluding hydrogens is 1710 g/mol. The summed E-state index contributed by atoms with van der Waals surface area (Å²) in [5.74, 6) is 6.52. The van der Waals surface area contributed by atoms with Gasteiger partial charge in [-0.25, -0.2) is 0 Å². The molecule has 0 bridgehead atoms. The van der Waals surface area contributed by atoms with E-state index in [-0.39, 0.29) is 58.6 Å². The molecule has 0 aromatic heterocycles. The predicted octanol–water partition coefficient (Wildman–Crippen LogP) is 15.4. The van der Waals surface area contributed by atoms with E-state index >= 15 is 0 Å². The molecule has 19 nitrogen and oxygen atoms in total. The monoisotopic (exact) mass is 1830 g/mol. The van der Waals surface area contributed by atoms with Crippen molar-refractivity contribution >= 4 is 35.3 Å². The molecule has 6 saturated carbocycles. The Hall–Kier alpha value is -11.6. The maximum Gasteiger partial charge on any atom is 0.573 e. The molecule has 5 N–H and O–H groups in total. The Balaban J connectivity index is 0.000000128. The smallest absolute Gasteiger partial charge is 0.406 e. The van der Waals surface area contributed by atoms with Crippen LogP contribution in [0.3, 0.4) is 0 Å². The van der Waals surface area contributed by atoms with Crippen molar-refractivity contribution in [3.8, 4) is 22.9 Å². The first-order valence-corrected chi connectivity index (χ1v) is 45.5. The van der Waals surface area contributed by atoms with Crippen molar-refractivity contribution in [1.82, 2.24) is 56.0 Å². The van der Waals surface area contributed by atoms with Gasteiger partial charge in [-0.1, -0.05) is 194 Å². The summed E-state index contributed by atoms with van der Waals surface area (Å²) in [6.07, 6.45) is -4.68. The highest BCUT2D eigenvalue weighted by Gasteiger charge is 2.61. The summed E-state index contributed by atoms with van der Waals surface area (Å²) in [7, 11) is 0. The number of carbonyl (C=O) groups is 6. The topological polar surface area (TPSA) is 215 Å². The van der Waals surface area contributed by atoms with Crippen molar-refractivity contribution in [3.63, 3.8) is 0 Å². The first-order valence-electron chi connectivity index (χ1n) is 45.5. The van der Waals surface area contributed by atoms with E-state index in [1.807, 2.05) is 30.3 Å². The molecule has 0 radical (unpaired) electrons. The average molecular weight is 1830 g/mol. The molecule has 0 spiro atoms. The molecule has 12 atom stereocenters. The summed E-state index contributed by atoms with van der Waals surface area (Å²) >= 11 is 0. The summed E-state index contributed by atoms with van der Waals surface area (Å²) in [6.45, 7) is 44.0. The number of carbonyl (C=O) groups excluding carboxylic acids is 6. The average Bonchev–Trinajstić information content (AvgIpc) is 1.62. The number of hydrogen-bond acceptors (Lipinski definition) is 14. The Bertz CT molecular complexity index is 5200. The molecule has 702 valence electrons. The number of alkyl halides is 9. The summed E-state index contributed by atoms with van der Waals surface area (Å²) in [6, 6.07) is 56.5. The number of nitrogens with one attached hydrogen (secondary N) is 5. The second kappa shape index (κ2) is 41.9. The van der Waals surface area contributed by atoms with Crippen LogP contribution in [0.15, 0.2) is 252 Å². The van der Waals surface area contributed by atoms with E-state index in [2.05, 4.69) is 200 Å². The maximum absolute atomic E-state index is 12.7. The summed E-state index contributed by atoms with van der Waals surface area (Å²) in [5.41, 5.74) is 10.1. The third kappa shape index (κ3) is 26.3. The van der Waals surface area contributed by atoms with Crippen molar-refractivity contribution in [3.05, 3.63) is 307 Å². The number of allylic oxidation sites excluding steroid dienone is 1. The van der Waals surface area contributed by atoms with Crippen LogP contribution in [0.1, 0.15) is 82.8 Å². The van der Waals surface area contributed by atoms with Crippen LogP contribution >= 0.6 is 0 Å². The summed E-state index contributed by atoms with van der Waals surface area (Å²) < 4.78 is 116. The zero-order chi connectivity index (χ0) is 95.0. The third-order valence-electron chi connectivity index (χ3n) is 28.0. The van der Waals surface area contributed by atoms with Crippen LogP contribution in [-0.4, -0.2) is 180 Å². The van der Waals surface area contributed by atoms with E-state index in [1.54, 1.807) is 30.3 Å². The van der Waals surface area contributed by atoms with E-state index in [9.17, 15) is 68.3 Å². The number of halogens is 9. The third-order valence-corrected chi connectivity index (χ3v) is 28.0. The molecule has 7 aromatic carbocycles. The molecule has 12 aliphatic rings. The number of nitrogens with zero attached hydrogens (tertiary/aromatic N) is 7. The highest BCUT2D eigenvalue weighted by Crippen LogP contribution is 2.55. The van der Waals surface area contributed by atoms with Gasteiger partial charge in [-0.05, 0) is 211 Å². The lowest BCUT2D eigenvalue weighted by Crippen LogP contribution is -2.33. The number of nitriles is 1. The van der Waals surface area contributed by atoms with Gasteiger partial charge in [0.15, 0.2) is 5.78 Å². The van der Waals surface area contributed by atoms with Gasteiger partial charge in [0.2, 0.25) is 29.5 Å². The highest BCUT2D eigenvalue weighted by atomic mass is 19.4. The number of piperidine rings is 6. The molecule has 6 saturated heterocycles. The van der Waals surface area contributed by atoms with E-state index in [4.69, 9.17) is 5.26 Å². The number of likely N-dealkylation sites (tertiary alicyclic amines) is 6. The standard InChI is InChI=1S/C21H22N2O.C19H26N2O.C17H18F3NO.C16H17F3N2O2.C16H17F3N2O.C16H17N3O/c1-2-20(24)22-21-18-13-23(14-19(18)21)12-15-8-10-17(11-9-15)16-6-4-3-5-7-16;1-5-17(22)20-18-15-11-21(12-16(15)18)10-13-6-8-14(9-7-13)19(2,3)4;1-2-13(22)7-14-15-9-21(10-16(14)15)8-11-3-5-12(6-4-11)17(18,19)20;1-2-14(22)20-15-12-8-21(9-13(12)15)7-10-3-5-11(6-4-10)23-16(17,18)19;1-2-14(22)20-15-12-8-21(9-13(12)15)7-10-4-3-5-11(6-10)16(17,18)19;1-2-15(20)18-16-13-9-19(10-14(13)16)8-12-5-3-11(7-17)4-6-12/h2-11,18-19,21H,1,12-14H2,(H,22,24);5-9,15-16,18H,1,10-12H2,2-4H3,(H,20,22);2-6,14-16H,1,7-10H2;2-6,12-13,15H,1,7-9H2,(H,20,22);2-6,12-13,15H,1,7-9H2,(H,20,22);2-6,13-14,16H,1,8-10H2,(H,18,20). The minimum atomic E-state index is -4.66. The van der Waals surface area contributed by atoms with Gasteiger partial charge in [0, 0.05) is 154 Å². The lowest BCUT2D eigenvalue weighted by molar-refractivity contribution is -0.274. The van der Waals surface area contributed by atoms with Crippen LogP contribution in [0.5, 0.6) is 5.75 Å². The first-order chi connectivity index (χ1) is 63.4. The molecule has 12 unspecified atom stereocenters. The van der Waals surface area contributed by atoms with Crippen molar-refractivity contribution in [2.24, 2.45) is 76.9 Å². The Morgan fingerprint density at radius 2 is 0.632 bits per heavy atom. The highest BCUT2D eigenvalue weighted by molar-refractivity contribution is 5.90. The Labute approximate surface area is 772 Å². The molecule has 6 aliphatic carbocycles. The van der Waals surface area contributed by atoms with E-state index in [1.165, 1.54) is 94.1 Å². The summed E-state index contributed by atoms with van der Waals surface area (Å²) in [4.78, 5) is 81.9. The van der Waals surface area contributed by atoms with Crippen molar-refractivity contribution in [2.45, 2.75) is 121 Å². The number of rotatable bonds is 27. The van der Waals surface area contributed by atoms with Gasteiger partial charge in [0.1, 0.15) is 5.75 Å². The van der Waals surface area contributed by atoms with E-state index in [0.29, 0.717) is 132 Å². The second-order valence-electron chi connectivity index (χ2n) is 38.3. The molecule has 6 aliphatic heterocycles. The molecule has 12 fully saturated rings. The molecule has 7 aromatic rings. The minimum absolute atomic E-state index is 0.0382. The van der Waals surface area contributed by atoms with Gasteiger partial charge in [-0.3, -0.25) is 58.2 Å². The quantitative estimate of drug-likeness (QED) is 0.0239. The summed E-state index contributed by atoms with van der Waals surface area (Å²) in [5, 5.41) is 23.6. The van der Waals surface area contributed by atoms with Crippen molar-refractivity contribution < 1.29 is 73.0 Å². The van der Waals surface area contributed by atoms with E-state index in [0.717, 1.165) is 127 Å². The number of fused-ring (bicyclic) bond motifs is 6. The predicted molar refractivity (Wildman–Crippen MR) is 492 cm³/mol. The number of benzene rings is 7. The molecule has 19 rings (SSSR count). The van der Waals surface area contributed by atoms with Gasteiger partial charge >= 0.3 is 18.7 Å². The molecule has 5 amide bonds. The fourth-order valence-electron chi connectivity index (χ4n) is 20.6. The molecular formula is C105H117F9N12O7. The van der Waals surface area contributed by atoms with Crippen LogP contribution in [0, 0.1) is 88.3 Å². The minimum Gasteiger partial charge on any atom is -0.406 e. The zero-order valence-corrected chi connectivity index (χ0v) is 75.2. The Morgan fingerprint density at radius 3 is 0.925 bits per heavy atom.